The topological polar surface area (TPSA) is 64.6 Å². The van der Waals surface area contributed by atoms with Gasteiger partial charge in [0.25, 0.3) is 0 Å². The number of nitrogens with one attached hydrogen (secondary N) is 1. The Balaban J connectivity index is 1.83. The summed E-state index contributed by atoms with van der Waals surface area (Å²) in [7, 11) is -3.52. The first-order chi connectivity index (χ1) is 11.9. The second-order valence-electron chi connectivity index (χ2n) is 5.87. The predicted octanol–water partition coefficient (Wildman–Crippen LogP) is 3.57. The van der Waals surface area contributed by atoms with Crippen LogP contribution in [0.25, 0.3) is 0 Å². The van der Waals surface area contributed by atoms with Crippen LogP contribution < -0.4 is 14.2 Å². The van der Waals surface area contributed by atoms with E-state index in [1.54, 1.807) is 24.3 Å². The Bertz CT molecular complexity index is 753. The van der Waals surface area contributed by atoms with Gasteiger partial charge < -0.3 is 9.47 Å². The van der Waals surface area contributed by atoms with Crippen LogP contribution in [0.2, 0.25) is 0 Å². The average molecular weight is 363 g/mol. The number of rotatable bonds is 9. The SMILES string of the molecule is CCOc1ccc(OCCNS(=O)(=O)c2ccc(C(C)C)cc2)cc1. The lowest BCUT2D eigenvalue weighted by atomic mass is 10.0. The van der Waals surface area contributed by atoms with Crippen LogP contribution in [0.1, 0.15) is 32.3 Å². The molecule has 6 heteroatoms. The second-order valence-corrected chi connectivity index (χ2v) is 7.64. The van der Waals surface area contributed by atoms with E-state index >= 15 is 0 Å². The summed E-state index contributed by atoms with van der Waals surface area (Å²) in [5, 5.41) is 0. The number of ether oxygens (including phenoxy) is 2. The van der Waals surface area contributed by atoms with E-state index in [1.807, 2.05) is 31.2 Å². The molecule has 136 valence electrons. The summed E-state index contributed by atoms with van der Waals surface area (Å²) in [4.78, 5) is 0.262. The van der Waals surface area contributed by atoms with Gasteiger partial charge in [0.2, 0.25) is 10.0 Å². The number of hydrogen-bond acceptors (Lipinski definition) is 4. The third-order valence-electron chi connectivity index (χ3n) is 3.65. The van der Waals surface area contributed by atoms with E-state index < -0.39 is 10.0 Å². The Morgan fingerprint density at radius 1 is 0.920 bits per heavy atom. The maximum Gasteiger partial charge on any atom is 0.240 e. The lowest BCUT2D eigenvalue weighted by molar-refractivity contribution is 0.319. The standard InChI is InChI=1S/C19H25NO4S/c1-4-23-17-7-9-18(10-8-17)24-14-13-20-25(21,22)19-11-5-16(6-12-19)15(2)3/h5-12,15,20H,4,13-14H2,1-3H3. The minimum absolute atomic E-state index is 0.196. The largest absolute Gasteiger partial charge is 0.494 e. The van der Waals surface area contributed by atoms with Crippen LogP contribution in [0, 0.1) is 0 Å². The fourth-order valence-electron chi connectivity index (χ4n) is 2.26. The van der Waals surface area contributed by atoms with Gasteiger partial charge >= 0.3 is 0 Å². The van der Waals surface area contributed by atoms with E-state index in [0.717, 1.165) is 11.3 Å². The molecule has 0 saturated heterocycles. The third-order valence-corrected chi connectivity index (χ3v) is 5.13. The molecule has 1 N–H and O–H groups in total. The summed E-state index contributed by atoms with van der Waals surface area (Å²) >= 11 is 0. The van der Waals surface area contributed by atoms with Crippen molar-refractivity contribution >= 4 is 10.0 Å². The Labute approximate surface area is 150 Å². The van der Waals surface area contributed by atoms with Gasteiger partial charge in [-0.3, -0.25) is 0 Å². The van der Waals surface area contributed by atoms with Crippen molar-refractivity contribution < 1.29 is 17.9 Å². The summed E-state index contributed by atoms with van der Waals surface area (Å²) in [6.45, 7) is 7.12. The number of benzene rings is 2. The molecule has 0 bridgehead atoms. The smallest absolute Gasteiger partial charge is 0.240 e. The first-order valence-electron chi connectivity index (χ1n) is 8.37. The quantitative estimate of drug-likeness (QED) is 0.692. The summed E-state index contributed by atoms with van der Waals surface area (Å²) < 4.78 is 38.0. The number of sulfonamides is 1. The first-order valence-corrected chi connectivity index (χ1v) is 9.86. The molecular weight excluding hydrogens is 338 g/mol. The molecule has 0 aliphatic rings. The van der Waals surface area contributed by atoms with E-state index in [-0.39, 0.29) is 18.0 Å². The van der Waals surface area contributed by atoms with Crippen LogP contribution in [0.15, 0.2) is 53.4 Å². The van der Waals surface area contributed by atoms with Crippen molar-refractivity contribution in [3.8, 4) is 11.5 Å². The van der Waals surface area contributed by atoms with Gasteiger partial charge in [-0.05, 0) is 54.8 Å². The van der Waals surface area contributed by atoms with Crippen molar-refractivity contribution in [1.29, 1.82) is 0 Å². The van der Waals surface area contributed by atoms with Gasteiger partial charge in [0.05, 0.1) is 11.5 Å². The molecule has 25 heavy (non-hydrogen) atoms. The van der Waals surface area contributed by atoms with Gasteiger partial charge in [-0.2, -0.15) is 0 Å². The Kier molecular flexibility index (Phi) is 6.84. The van der Waals surface area contributed by atoms with Gasteiger partial charge in [0.15, 0.2) is 0 Å². The summed E-state index contributed by atoms with van der Waals surface area (Å²) in [5.74, 6) is 1.82. The zero-order valence-corrected chi connectivity index (χ0v) is 15.7. The van der Waals surface area contributed by atoms with Crippen LogP contribution in [-0.4, -0.2) is 28.2 Å². The van der Waals surface area contributed by atoms with E-state index in [4.69, 9.17) is 9.47 Å². The lowest BCUT2D eigenvalue weighted by Gasteiger charge is -2.10. The van der Waals surface area contributed by atoms with Gasteiger partial charge in [0, 0.05) is 6.54 Å². The summed E-state index contributed by atoms with van der Waals surface area (Å²) in [6.07, 6.45) is 0. The Hall–Kier alpha value is -2.05. The van der Waals surface area contributed by atoms with Crippen molar-refractivity contribution in [1.82, 2.24) is 4.72 Å². The fourth-order valence-corrected chi connectivity index (χ4v) is 3.27. The monoisotopic (exact) mass is 363 g/mol. The Morgan fingerprint density at radius 3 is 2.00 bits per heavy atom. The average Bonchev–Trinajstić information content (AvgIpc) is 2.60. The Morgan fingerprint density at radius 2 is 1.48 bits per heavy atom. The van der Waals surface area contributed by atoms with E-state index in [2.05, 4.69) is 18.6 Å². The van der Waals surface area contributed by atoms with Gasteiger partial charge in [-0.15, -0.1) is 0 Å². The molecule has 5 nitrogen and oxygen atoms in total. The maximum atomic E-state index is 12.3. The van der Waals surface area contributed by atoms with Crippen LogP contribution >= 0.6 is 0 Å². The predicted molar refractivity (Wildman–Crippen MR) is 98.8 cm³/mol. The summed E-state index contributed by atoms with van der Waals surface area (Å²) in [5.41, 5.74) is 1.11. The zero-order valence-electron chi connectivity index (χ0n) is 14.9. The molecule has 2 aromatic rings. The molecule has 2 rings (SSSR count). The molecule has 0 unspecified atom stereocenters. The minimum Gasteiger partial charge on any atom is -0.494 e. The number of hydrogen-bond donors (Lipinski definition) is 1. The van der Waals surface area contributed by atoms with Crippen LogP contribution in [0.4, 0.5) is 0 Å². The molecule has 0 aliphatic carbocycles. The van der Waals surface area contributed by atoms with Gasteiger partial charge in [0.1, 0.15) is 18.1 Å². The normalized spacial score (nSPS) is 11.5. The fraction of sp³-hybridized carbons (Fsp3) is 0.368. The lowest BCUT2D eigenvalue weighted by Crippen LogP contribution is -2.28. The van der Waals surface area contributed by atoms with Gasteiger partial charge in [-0.1, -0.05) is 26.0 Å². The highest BCUT2D eigenvalue weighted by Crippen LogP contribution is 2.18. The van der Waals surface area contributed by atoms with Crippen molar-refractivity contribution in [3.63, 3.8) is 0 Å². The van der Waals surface area contributed by atoms with Crippen molar-refractivity contribution in [2.45, 2.75) is 31.6 Å². The van der Waals surface area contributed by atoms with Crippen LogP contribution in [0.5, 0.6) is 11.5 Å². The molecule has 0 radical (unpaired) electrons. The molecule has 0 saturated carbocycles. The first kappa shape index (κ1) is 19.3. The highest BCUT2D eigenvalue weighted by Gasteiger charge is 2.13. The van der Waals surface area contributed by atoms with Gasteiger partial charge in [-0.25, -0.2) is 13.1 Å². The third kappa shape index (κ3) is 5.76. The van der Waals surface area contributed by atoms with E-state index in [0.29, 0.717) is 18.3 Å². The molecule has 0 atom stereocenters. The molecule has 0 aromatic heterocycles. The molecule has 2 aromatic carbocycles. The minimum atomic E-state index is -3.52. The molecule has 0 heterocycles. The van der Waals surface area contributed by atoms with E-state index in [1.165, 1.54) is 0 Å². The molecule has 0 spiro atoms. The van der Waals surface area contributed by atoms with Crippen LogP contribution in [-0.2, 0) is 10.0 Å². The highest BCUT2D eigenvalue weighted by atomic mass is 32.2. The van der Waals surface area contributed by atoms with Crippen LogP contribution in [0.3, 0.4) is 0 Å². The molecule has 0 fully saturated rings. The summed E-state index contributed by atoms with van der Waals surface area (Å²) in [6, 6.07) is 14.2. The van der Waals surface area contributed by atoms with Crippen molar-refractivity contribution in [2.75, 3.05) is 19.8 Å². The second kappa shape index (κ2) is 8.87. The highest BCUT2D eigenvalue weighted by molar-refractivity contribution is 7.89. The molecule has 0 aliphatic heterocycles. The van der Waals surface area contributed by atoms with Crippen molar-refractivity contribution in [3.05, 3.63) is 54.1 Å². The van der Waals surface area contributed by atoms with E-state index in [9.17, 15) is 8.42 Å². The zero-order chi connectivity index (χ0) is 18.3. The maximum absolute atomic E-state index is 12.3. The molecule has 0 amide bonds. The molecular formula is C19H25NO4S. The van der Waals surface area contributed by atoms with Crippen molar-refractivity contribution in [2.24, 2.45) is 0 Å².